The zero-order chi connectivity index (χ0) is 35.5. The zero-order valence-electron chi connectivity index (χ0n) is 28.7. The number of allylic oxidation sites excluding steroid dienone is 4. The molecule has 3 aliphatic rings. The molecule has 0 aromatic rings. The largest absolute Gasteiger partial charge is 0.492 e. The Balaban J connectivity index is 2.15. The van der Waals surface area contributed by atoms with Crippen LogP contribution in [0.1, 0.15) is 40.5 Å². The SMILES string of the molecule is COC1=C2CC(C)CC(OC)C(O)C(C)/C=C(\C)C(OC(N)=O)C(OC)/C=C\C=C(/C)C(=O)NC(=C(C=NN3CCOCC3)C1=O)C2=O. The number of rotatable bonds is 6. The lowest BCUT2D eigenvalue weighted by Gasteiger charge is -2.30. The summed E-state index contributed by atoms with van der Waals surface area (Å²) < 4.78 is 27.5. The molecule has 6 unspecified atom stereocenters. The highest BCUT2D eigenvalue weighted by atomic mass is 16.6. The van der Waals surface area contributed by atoms with Gasteiger partial charge in [-0.25, -0.2) is 4.79 Å². The lowest BCUT2D eigenvalue weighted by molar-refractivity contribution is -0.121. The number of amides is 2. The summed E-state index contributed by atoms with van der Waals surface area (Å²) in [4.78, 5) is 53.2. The normalized spacial score (nSPS) is 31.6. The van der Waals surface area contributed by atoms with Gasteiger partial charge in [-0.05, 0) is 38.2 Å². The lowest BCUT2D eigenvalue weighted by atomic mass is 9.84. The molecule has 2 bridgehead atoms. The van der Waals surface area contributed by atoms with E-state index in [0.29, 0.717) is 38.3 Å². The van der Waals surface area contributed by atoms with Crippen LogP contribution in [0, 0.1) is 11.8 Å². The summed E-state index contributed by atoms with van der Waals surface area (Å²) in [6.45, 7) is 8.82. The summed E-state index contributed by atoms with van der Waals surface area (Å²) in [5.41, 5.74) is 5.91. The second kappa shape index (κ2) is 17.9. The van der Waals surface area contributed by atoms with Gasteiger partial charge in [0.1, 0.15) is 11.8 Å². The Hall–Kier alpha value is -4.11. The highest BCUT2D eigenvalue weighted by Gasteiger charge is 2.38. The predicted molar refractivity (Wildman–Crippen MR) is 176 cm³/mol. The van der Waals surface area contributed by atoms with E-state index in [-0.39, 0.29) is 40.5 Å². The number of nitrogens with zero attached hydrogens (tertiary/aromatic N) is 2. The van der Waals surface area contributed by atoms with Gasteiger partial charge in [0.05, 0.1) is 57.4 Å². The number of primary amides is 1. The number of ether oxygens (including phenoxy) is 5. The fourth-order valence-electron chi connectivity index (χ4n) is 5.80. The third kappa shape index (κ3) is 9.72. The molecule has 4 N–H and O–H groups in total. The molecule has 0 radical (unpaired) electrons. The van der Waals surface area contributed by atoms with Crippen molar-refractivity contribution >= 4 is 29.8 Å². The highest BCUT2D eigenvalue weighted by molar-refractivity contribution is 6.32. The van der Waals surface area contributed by atoms with Gasteiger partial charge in [0, 0.05) is 31.3 Å². The molecule has 1 aliphatic carbocycles. The average molecular weight is 673 g/mol. The Kier molecular flexibility index (Phi) is 14.3. The van der Waals surface area contributed by atoms with Gasteiger partial charge in [0.2, 0.25) is 11.6 Å². The molecular weight excluding hydrogens is 624 g/mol. The van der Waals surface area contributed by atoms with Gasteiger partial charge in [-0.3, -0.25) is 19.4 Å². The maximum atomic E-state index is 14.1. The molecule has 264 valence electrons. The van der Waals surface area contributed by atoms with Gasteiger partial charge in [-0.2, -0.15) is 5.10 Å². The van der Waals surface area contributed by atoms with E-state index in [1.165, 1.54) is 40.5 Å². The van der Waals surface area contributed by atoms with E-state index < -0.39 is 53.9 Å². The van der Waals surface area contributed by atoms with Crippen molar-refractivity contribution < 1.29 is 48.0 Å². The average Bonchev–Trinajstić information content (AvgIpc) is 3.06. The highest BCUT2D eigenvalue weighted by Crippen LogP contribution is 2.31. The van der Waals surface area contributed by atoms with Gasteiger partial charge in [-0.15, -0.1) is 0 Å². The van der Waals surface area contributed by atoms with Crippen LogP contribution in [-0.2, 0) is 38.1 Å². The number of nitrogens with one attached hydrogen (secondary N) is 1. The molecule has 48 heavy (non-hydrogen) atoms. The summed E-state index contributed by atoms with van der Waals surface area (Å²) in [7, 11) is 4.22. The zero-order valence-corrected chi connectivity index (χ0v) is 28.7. The molecule has 0 spiro atoms. The third-order valence-corrected chi connectivity index (χ3v) is 8.48. The molecule has 14 heteroatoms. The van der Waals surface area contributed by atoms with Crippen molar-refractivity contribution in [1.82, 2.24) is 10.3 Å². The number of hydrogen-bond donors (Lipinski definition) is 3. The number of nitrogens with two attached hydrogens (primary N) is 1. The smallest absolute Gasteiger partial charge is 0.405 e. The summed E-state index contributed by atoms with van der Waals surface area (Å²) in [6.07, 6.45) is 3.60. The standard InChI is InChI=1S/C34H48N4O10/c1-19-15-23-29(40)27(24(30(41)32(23)46-7)18-36-38-11-13-47-14-12-38)37-33(42)20(2)9-8-10-25(44-5)31(48-34(35)43)22(4)17-21(3)28(39)26(16-19)45-6/h8-10,17-19,21,25-26,28,31,39H,11-16H2,1-7H3,(H2,35,43)(H,37,42)/b10-8-,20-9+,22-17+,36-18?. The molecule has 3 rings (SSSR count). The number of ketones is 2. The van der Waals surface area contributed by atoms with Gasteiger partial charge in [0.15, 0.2) is 11.9 Å². The molecule has 1 saturated heterocycles. The van der Waals surface area contributed by atoms with Crippen LogP contribution in [0.3, 0.4) is 0 Å². The minimum Gasteiger partial charge on any atom is -0.492 e. The van der Waals surface area contributed by atoms with Crippen molar-refractivity contribution in [1.29, 1.82) is 0 Å². The summed E-state index contributed by atoms with van der Waals surface area (Å²) in [5, 5.41) is 20.1. The molecule has 2 aliphatic heterocycles. The van der Waals surface area contributed by atoms with Gasteiger partial charge < -0.3 is 39.8 Å². The first-order chi connectivity index (χ1) is 22.8. The molecule has 1 fully saturated rings. The van der Waals surface area contributed by atoms with Crippen LogP contribution < -0.4 is 11.1 Å². The van der Waals surface area contributed by atoms with Gasteiger partial charge in [0.25, 0.3) is 5.91 Å². The van der Waals surface area contributed by atoms with Crippen molar-refractivity contribution in [2.45, 2.75) is 65.0 Å². The van der Waals surface area contributed by atoms with Crippen LogP contribution in [0.25, 0.3) is 0 Å². The van der Waals surface area contributed by atoms with Crippen LogP contribution in [0.15, 0.2) is 63.2 Å². The molecule has 2 heterocycles. The minimum atomic E-state index is -1.01. The van der Waals surface area contributed by atoms with E-state index in [9.17, 15) is 24.3 Å². The first kappa shape index (κ1) is 38.3. The van der Waals surface area contributed by atoms with Crippen LogP contribution in [0.5, 0.6) is 0 Å². The van der Waals surface area contributed by atoms with Crippen LogP contribution in [-0.4, -0.2) is 112 Å². The molecule has 0 aromatic carbocycles. The van der Waals surface area contributed by atoms with Crippen molar-refractivity contribution in [2.75, 3.05) is 47.6 Å². The lowest BCUT2D eigenvalue weighted by Crippen LogP contribution is -2.38. The molecule has 14 nitrogen and oxygen atoms in total. The quantitative estimate of drug-likeness (QED) is 0.213. The fourth-order valence-corrected chi connectivity index (χ4v) is 5.80. The number of carbonyl (C=O) groups excluding carboxylic acids is 4. The second-order valence-electron chi connectivity index (χ2n) is 12.1. The Morgan fingerprint density at radius 3 is 2.40 bits per heavy atom. The molecule has 0 saturated carbocycles. The number of aliphatic hydroxyl groups excluding tert-OH is 1. The Morgan fingerprint density at radius 1 is 1.10 bits per heavy atom. The Morgan fingerprint density at radius 2 is 1.79 bits per heavy atom. The topological polar surface area (TPSA) is 188 Å². The van der Waals surface area contributed by atoms with Crippen molar-refractivity contribution in [2.24, 2.45) is 22.7 Å². The Labute approximate surface area is 281 Å². The number of Topliss-reactive ketones (excluding diaryl/α,β-unsaturated/α-hetero) is 2. The van der Waals surface area contributed by atoms with Crippen molar-refractivity contribution in [3.63, 3.8) is 0 Å². The van der Waals surface area contributed by atoms with Crippen molar-refractivity contribution in [3.8, 4) is 0 Å². The van der Waals surface area contributed by atoms with E-state index >= 15 is 0 Å². The van der Waals surface area contributed by atoms with Gasteiger partial charge in [-0.1, -0.05) is 38.2 Å². The van der Waals surface area contributed by atoms with Gasteiger partial charge >= 0.3 is 6.09 Å². The number of hydrogen-bond acceptors (Lipinski definition) is 12. The summed E-state index contributed by atoms with van der Waals surface area (Å²) in [6, 6.07) is 0. The van der Waals surface area contributed by atoms with Crippen molar-refractivity contribution in [3.05, 3.63) is 58.1 Å². The summed E-state index contributed by atoms with van der Waals surface area (Å²) in [5.74, 6) is -2.70. The molecular formula is C34H48N4O10. The van der Waals surface area contributed by atoms with Crippen LogP contribution in [0.4, 0.5) is 4.79 Å². The maximum Gasteiger partial charge on any atom is 0.405 e. The van der Waals surface area contributed by atoms with E-state index in [0.717, 1.165) is 0 Å². The minimum absolute atomic E-state index is 0.0933. The Bertz CT molecular complexity index is 1410. The first-order valence-electron chi connectivity index (χ1n) is 15.8. The van der Waals surface area contributed by atoms with Crippen LogP contribution in [0.2, 0.25) is 0 Å². The number of fused-ring (bicyclic) bond motifs is 2. The van der Waals surface area contributed by atoms with E-state index in [1.807, 2.05) is 6.92 Å². The number of aliphatic hydroxyl groups is 1. The van der Waals surface area contributed by atoms with E-state index in [4.69, 9.17) is 29.4 Å². The van der Waals surface area contributed by atoms with E-state index in [2.05, 4.69) is 10.4 Å². The monoisotopic (exact) mass is 672 g/mol. The predicted octanol–water partition coefficient (Wildman–Crippen LogP) is 2.10. The number of methoxy groups -OCH3 is 3. The number of carbonyl (C=O) groups is 4. The third-order valence-electron chi connectivity index (χ3n) is 8.48. The molecule has 6 atom stereocenters. The summed E-state index contributed by atoms with van der Waals surface area (Å²) >= 11 is 0. The number of hydrazone groups is 1. The maximum absolute atomic E-state index is 14.1. The number of morpholine rings is 1. The molecule has 2 amide bonds. The second-order valence-corrected chi connectivity index (χ2v) is 12.1. The van der Waals surface area contributed by atoms with Crippen LogP contribution >= 0.6 is 0 Å². The van der Waals surface area contributed by atoms with E-state index in [1.54, 1.807) is 37.1 Å². The fraction of sp³-hybridized carbons (Fsp3) is 0.559. The first-order valence-corrected chi connectivity index (χ1v) is 15.8. The molecule has 0 aromatic heterocycles.